The van der Waals surface area contributed by atoms with Gasteiger partial charge in [0.05, 0.1) is 42.8 Å². The Morgan fingerprint density at radius 3 is 1.55 bits per heavy atom. The second-order valence-corrected chi connectivity index (χ2v) is 9.82. The summed E-state index contributed by atoms with van der Waals surface area (Å²) in [6.45, 7) is 8.45. The van der Waals surface area contributed by atoms with E-state index in [1.165, 1.54) is 37.4 Å². The molecule has 4 rings (SSSR count). The molecule has 0 radical (unpaired) electrons. The number of nitrogens with zero attached hydrogens (tertiary/aromatic N) is 2. The van der Waals surface area contributed by atoms with Crippen LogP contribution < -0.4 is 39.0 Å². The maximum atomic E-state index is 13.7. The molecule has 2 aromatic carbocycles. The fraction of sp³-hybridized carbons (Fsp3) is 0.375. The number of rotatable bonds is 12. The van der Waals surface area contributed by atoms with Crippen molar-refractivity contribution >= 4 is 24.3 Å². The molecule has 0 amide bonds. The van der Waals surface area contributed by atoms with Crippen molar-refractivity contribution in [1.82, 2.24) is 20.4 Å². The van der Waals surface area contributed by atoms with Crippen molar-refractivity contribution < 1.29 is 72.7 Å². The van der Waals surface area contributed by atoms with Crippen LogP contribution in [0.4, 0.5) is 8.78 Å². The Morgan fingerprint density at radius 1 is 0.787 bits per heavy atom. The number of hydrogen-bond acceptors (Lipinski definition) is 8. The second-order valence-electron chi connectivity index (χ2n) is 9.82. The van der Waals surface area contributed by atoms with Gasteiger partial charge in [-0.3, -0.25) is 10.2 Å². The quantitative estimate of drug-likeness (QED) is 0.114. The van der Waals surface area contributed by atoms with E-state index in [4.69, 9.17) is 14.6 Å². The first-order chi connectivity index (χ1) is 20.5. The number of aromatic nitrogens is 4. The summed E-state index contributed by atoms with van der Waals surface area (Å²) in [5.74, 6) is -2.66. The number of aromatic amines is 2. The minimum atomic E-state index is -1.11. The number of hydrogen-bond donors (Lipinski definition) is 3. The molecule has 47 heavy (non-hydrogen) atoms. The number of methoxy groups -OCH3 is 1. The summed E-state index contributed by atoms with van der Waals surface area (Å²) in [6.07, 6.45) is 2.99. The standard InChI is InChI=1S/C16H19FN2O3.C15H17FN2O3.CH4.ClH.Na.H2O/c1-10-13(11(2)19-18-10)5-4-8-22-15-9-12(16(20)21-3)6-7-14(15)17;1-9-12(10(2)18-17-9)4-3-7-21-14-8-11(15(19)20)5-6-13(14)16;;;;/h6-7,9H,4-5,8H2,1-3H3,(H,18,19);5-6,8H,3-4,7H2,1-2H3,(H,17,18)(H,19,20);1H4;1H;;1H2/q;;;;+1;/p-1. The number of esters is 1. The molecule has 11 nitrogen and oxygen atoms in total. The average Bonchev–Trinajstić information content (AvgIpc) is 3.48. The zero-order valence-electron chi connectivity index (χ0n) is 26.7. The summed E-state index contributed by atoms with van der Waals surface area (Å²) in [5, 5.41) is 22.9. The van der Waals surface area contributed by atoms with E-state index in [0.717, 1.165) is 59.2 Å². The number of halogens is 3. The van der Waals surface area contributed by atoms with Gasteiger partial charge in [-0.15, -0.1) is 12.4 Å². The predicted octanol–water partition coefficient (Wildman–Crippen LogP) is 3.72. The van der Waals surface area contributed by atoms with Crippen LogP contribution in [0.2, 0.25) is 0 Å². The molecular weight excluding hydrogens is 649 g/mol. The number of benzene rings is 2. The number of aromatic carboxylic acids is 1. The van der Waals surface area contributed by atoms with E-state index in [-0.39, 0.29) is 77.5 Å². The van der Waals surface area contributed by atoms with Crippen molar-refractivity contribution in [2.45, 2.75) is 60.8 Å². The average molecular weight is 691 g/mol. The topological polar surface area (TPSA) is 169 Å². The summed E-state index contributed by atoms with van der Waals surface area (Å²) in [5.41, 5.74) is 6.55. The van der Waals surface area contributed by atoms with Crippen LogP contribution in [0.25, 0.3) is 0 Å². The van der Waals surface area contributed by atoms with Gasteiger partial charge >= 0.3 is 41.5 Å². The first-order valence-corrected chi connectivity index (χ1v) is 13.7. The van der Waals surface area contributed by atoms with Crippen molar-refractivity contribution in [2.75, 3.05) is 20.3 Å². The van der Waals surface area contributed by atoms with Gasteiger partial charge in [0, 0.05) is 11.4 Å². The monoisotopic (exact) mass is 690 g/mol. The summed E-state index contributed by atoms with van der Waals surface area (Å²) < 4.78 is 42.6. The summed E-state index contributed by atoms with van der Waals surface area (Å²) in [7, 11) is 1.28. The first kappa shape index (κ1) is 45.6. The fourth-order valence-electron chi connectivity index (χ4n) is 4.35. The molecule has 0 spiro atoms. The Labute approximate surface area is 301 Å². The van der Waals surface area contributed by atoms with Gasteiger partial charge in [-0.2, -0.15) is 10.2 Å². The van der Waals surface area contributed by atoms with E-state index in [2.05, 4.69) is 25.1 Å². The Morgan fingerprint density at radius 2 is 1.19 bits per heavy atom. The van der Waals surface area contributed by atoms with Crippen LogP contribution in [-0.4, -0.2) is 63.2 Å². The molecule has 0 aliphatic carbocycles. The SMILES string of the molecule is C.COC(=O)c1ccc(F)c(OCCCc2c(C)n[nH]c2C)c1.Cc1n[nH]c(C)c1CCCOc1cc(C(=O)O)ccc1F.Cl.[Na+].[OH-]. The van der Waals surface area contributed by atoms with Crippen molar-refractivity contribution in [3.63, 3.8) is 0 Å². The predicted molar refractivity (Wildman–Crippen MR) is 171 cm³/mol. The third-order valence-electron chi connectivity index (χ3n) is 6.75. The van der Waals surface area contributed by atoms with Gasteiger partial charge in [0.2, 0.25) is 0 Å². The van der Waals surface area contributed by atoms with E-state index >= 15 is 0 Å². The maximum absolute atomic E-state index is 13.7. The van der Waals surface area contributed by atoms with Gasteiger partial charge in [-0.25, -0.2) is 18.4 Å². The molecule has 0 saturated carbocycles. The molecule has 4 aromatic rings. The van der Waals surface area contributed by atoms with Crippen molar-refractivity contribution in [1.29, 1.82) is 0 Å². The molecular formula is C32H42ClF2N4NaO7. The molecule has 0 saturated heterocycles. The molecule has 0 aliphatic rings. The summed E-state index contributed by atoms with van der Waals surface area (Å²) in [6, 6.07) is 7.44. The molecule has 2 heterocycles. The molecule has 0 bridgehead atoms. The number of carboxylic acids is 1. The van der Waals surface area contributed by atoms with Crippen molar-refractivity contribution in [3.05, 3.63) is 93.1 Å². The molecule has 254 valence electrons. The van der Waals surface area contributed by atoms with Gasteiger partial charge < -0.3 is 24.8 Å². The minimum absolute atomic E-state index is 0. The Hall–Kier alpha value is -3.49. The Bertz CT molecular complexity index is 1530. The van der Waals surface area contributed by atoms with Gasteiger partial charge in [0.15, 0.2) is 23.1 Å². The van der Waals surface area contributed by atoms with Gasteiger partial charge in [0.25, 0.3) is 0 Å². The number of H-pyrrole nitrogens is 2. The van der Waals surface area contributed by atoms with Crippen molar-refractivity contribution in [2.24, 2.45) is 0 Å². The van der Waals surface area contributed by atoms with E-state index in [1.54, 1.807) is 0 Å². The largest absolute Gasteiger partial charge is 1.00 e. The minimum Gasteiger partial charge on any atom is -0.870 e. The van der Waals surface area contributed by atoms with Crippen LogP contribution >= 0.6 is 12.4 Å². The molecule has 0 unspecified atom stereocenters. The second kappa shape index (κ2) is 22.1. The van der Waals surface area contributed by atoms with E-state index in [0.29, 0.717) is 19.6 Å². The Balaban J connectivity index is 0. The molecule has 2 aromatic heterocycles. The maximum Gasteiger partial charge on any atom is 1.00 e. The normalized spacial score (nSPS) is 9.68. The van der Waals surface area contributed by atoms with Gasteiger partial charge in [0.1, 0.15) is 0 Å². The van der Waals surface area contributed by atoms with E-state index in [9.17, 15) is 18.4 Å². The van der Waals surface area contributed by atoms with Crippen LogP contribution in [0, 0.1) is 39.3 Å². The first-order valence-electron chi connectivity index (χ1n) is 13.7. The number of carboxylic acid groups (broad SMARTS) is 1. The summed E-state index contributed by atoms with van der Waals surface area (Å²) in [4.78, 5) is 22.3. The van der Waals surface area contributed by atoms with Crippen LogP contribution in [-0.2, 0) is 17.6 Å². The molecule has 0 aliphatic heterocycles. The molecule has 0 atom stereocenters. The third kappa shape index (κ3) is 13.3. The fourth-order valence-corrected chi connectivity index (χ4v) is 4.35. The molecule has 0 fully saturated rings. The number of carbonyl (C=O) groups excluding carboxylic acids is 1. The zero-order chi connectivity index (χ0) is 31.5. The van der Waals surface area contributed by atoms with Gasteiger partial charge in [-0.1, -0.05) is 7.43 Å². The van der Waals surface area contributed by atoms with Crippen LogP contribution in [0.5, 0.6) is 11.5 Å². The van der Waals surface area contributed by atoms with Crippen LogP contribution in [0.15, 0.2) is 36.4 Å². The van der Waals surface area contributed by atoms with E-state index in [1.807, 2.05) is 27.7 Å². The Kier molecular flexibility index (Phi) is 21.5. The smallest absolute Gasteiger partial charge is 0.870 e. The number of nitrogens with one attached hydrogen (secondary N) is 2. The number of ether oxygens (including phenoxy) is 3. The van der Waals surface area contributed by atoms with Crippen LogP contribution in [0.3, 0.4) is 0 Å². The molecule has 4 N–H and O–H groups in total. The van der Waals surface area contributed by atoms with Gasteiger partial charge in [-0.05, 0) is 101 Å². The third-order valence-corrected chi connectivity index (χ3v) is 6.75. The van der Waals surface area contributed by atoms with Crippen molar-refractivity contribution in [3.8, 4) is 11.5 Å². The number of aryl methyl sites for hydroxylation is 4. The number of carbonyl (C=O) groups is 2. The zero-order valence-corrected chi connectivity index (χ0v) is 29.5. The van der Waals surface area contributed by atoms with Crippen LogP contribution in [0.1, 0.15) is 74.9 Å². The molecule has 15 heteroatoms. The van der Waals surface area contributed by atoms with E-state index < -0.39 is 23.6 Å². The summed E-state index contributed by atoms with van der Waals surface area (Å²) >= 11 is 0.